The second-order valence-electron chi connectivity index (χ2n) is 5.58. The van der Waals surface area contributed by atoms with Crippen LogP contribution < -0.4 is 0 Å². The van der Waals surface area contributed by atoms with Crippen LogP contribution in [0.15, 0.2) is 60.7 Å². The Morgan fingerprint density at radius 1 is 0.920 bits per heavy atom. The van der Waals surface area contributed by atoms with Crippen molar-refractivity contribution in [3.8, 4) is 0 Å². The number of esters is 1. The van der Waals surface area contributed by atoms with E-state index < -0.39 is 18.2 Å². The van der Waals surface area contributed by atoms with Crippen LogP contribution in [0.4, 0.5) is 0 Å². The number of benzene rings is 2. The molecule has 0 heterocycles. The van der Waals surface area contributed by atoms with Crippen molar-refractivity contribution in [3.05, 3.63) is 71.8 Å². The van der Waals surface area contributed by atoms with Crippen LogP contribution in [0.1, 0.15) is 25.0 Å². The van der Waals surface area contributed by atoms with Gasteiger partial charge in [-0.05, 0) is 25.0 Å². The van der Waals surface area contributed by atoms with Crippen LogP contribution in [0.5, 0.6) is 0 Å². The van der Waals surface area contributed by atoms with Crippen molar-refractivity contribution in [2.24, 2.45) is 0 Å². The fourth-order valence-electron chi connectivity index (χ4n) is 2.66. The number of nitrogens with zero attached hydrogens (tertiary/aromatic N) is 1. The van der Waals surface area contributed by atoms with Gasteiger partial charge in [0.15, 0.2) is 6.61 Å². The fourth-order valence-corrected chi connectivity index (χ4v) is 2.66. The Balaban J connectivity index is 2.28. The Hall–Kier alpha value is -2.66. The summed E-state index contributed by atoms with van der Waals surface area (Å²) in [5, 5.41) is 11.2. The monoisotopic (exact) mass is 341 g/mol. The van der Waals surface area contributed by atoms with Gasteiger partial charge in [-0.1, -0.05) is 60.7 Å². The summed E-state index contributed by atoms with van der Waals surface area (Å²) in [6.45, 7) is 4.38. The van der Waals surface area contributed by atoms with Crippen LogP contribution >= 0.6 is 0 Å². The maximum atomic E-state index is 12.7. The lowest BCUT2D eigenvalue weighted by atomic mass is 9.86. The number of likely N-dealkylation sites (N-methyl/N-ethyl adjacent to an activating group) is 1. The Labute approximate surface area is 147 Å². The van der Waals surface area contributed by atoms with E-state index in [2.05, 4.69) is 0 Å². The standard InChI is InChI=1S/C20H23NO4/c1-3-21(4-2)18(22)15-25-19(23)20(24,16-11-7-5-8-12-16)17-13-9-6-10-14-17/h5-14,24H,3-4,15H2,1-2H3. The highest BCUT2D eigenvalue weighted by atomic mass is 16.6. The van der Waals surface area contributed by atoms with E-state index in [1.807, 2.05) is 13.8 Å². The topological polar surface area (TPSA) is 66.8 Å². The summed E-state index contributed by atoms with van der Waals surface area (Å²) in [6, 6.07) is 17.1. The van der Waals surface area contributed by atoms with Gasteiger partial charge in [0.25, 0.3) is 5.91 Å². The lowest BCUT2D eigenvalue weighted by Gasteiger charge is -2.27. The van der Waals surface area contributed by atoms with Gasteiger partial charge in [0.1, 0.15) is 0 Å². The third-order valence-corrected chi connectivity index (χ3v) is 4.12. The summed E-state index contributed by atoms with van der Waals surface area (Å²) in [4.78, 5) is 26.4. The lowest BCUT2D eigenvalue weighted by Crippen LogP contribution is -2.41. The van der Waals surface area contributed by atoms with Crippen LogP contribution in [0.2, 0.25) is 0 Å². The average molecular weight is 341 g/mol. The summed E-state index contributed by atoms with van der Waals surface area (Å²) < 4.78 is 5.18. The molecule has 1 amide bonds. The second-order valence-corrected chi connectivity index (χ2v) is 5.58. The zero-order valence-corrected chi connectivity index (χ0v) is 14.5. The van der Waals surface area contributed by atoms with Crippen molar-refractivity contribution in [2.75, 3.05) is 19.7 Å². The minimum Gasteiger partial charge on any atom is -0.453 e. The number of carbonyl (C=O) groups excluding carboxylic acids is 2. The summed E-state index contributed by atoms with van der Waals surface area (Å²) >= 11 is 0. The predicted octanol–water partition coefficient (Wildman–Crippen LogP) is 2.33. The van der Waals surface area contributed by atoms with Crippen molar-refractivity contribution in [1.82, 2.24) is 4.90 Å². The highest BCUT2D eigenvalue weighted by Crippen LogP contribution is 2.30. The van der Waals surface area contributed by atoms with E-state index in [4.69, 9.17) is 4.74 Å². The number of rotatable bonds is 7. The first-order valence-corrected chi connectivity index (χ1v) is 8.32. The van der Waals surface area contributed by atoms with Crippen LogP contribution in [0.3, 0.4) is 0 Å². The minimum atomic E-state index is -1.97. The first-order valence-electron chi connectivity index (χ1n) is 8.32. The highest BCUT2D eigenvalue weighted by Gasteiger charge is 2.41. The highest BCUT2D eigenvalue weighted by molar-refractivity contribution is 5.88. The van der Waals surface area contributed by atoms with Gasteiger partial charge >= 0.3 is 5.97 Å². The van der Waals surface area contributed by atoms with E-state index in [0.29, 0.717) is 24.2 Å². The Morgan fingerprint density at radius 3 is 1.76 bits per heavy atom. The zero-order chi connectivity index (χ0) is 18.3. The first kappa shape index (κ1) is 18.7. The van der Waals surface area contributed by atoms with Crippen LogP contribution in [0, 0.1) is 0 Å². The molecule has 0 spiro atoms. The summed E-state index contributed by atoms with van der Waals surface area (Å²) in [5.41, 5.74) is -1.19. The average Bonchev–Trinajstić information content (AvgIpc) is 2.67. The van der Waals surface area contributed by atoms with Crippen molar-refractivity contribution < 1.29 is 19.4 Å². The number of ether oxygens (including phenoxy) is 1. The molecule has 2 aromatic carbocycles. The Bertz CT molecular complexity index is 657. The number of amides is 1. The molecule has 0 aliphatic heterocycles. The molecule has 0 bridgehead atoms. The maximum absolute atomic E-state index is 12.7. The maximum Gasteiger partial charge on any atom is 0.348 e. The molecule has 0 aliphatic rings. The van der Waals surface area contributed by atoms with E-state index in [9.17, 15) is 14.7 Å². The van der Waals surface area contributed by atoms with Gasteiger partial charge in [0, 0.05) is 13.1 Å². The lowest BCUT2D eigenvalue weighted by molar-refractivity contribution is -0.166. The third kappa shape index (κ3) is 4.06. The molecular weight excluding hydrogens is 318 g/mol. The van der Waals surface area contributed by atoms with Gasteiger partial charge in [-0.3, -0.25) is 4.79 Å². The normalized spacial score (nSPS) is 11.0. The molecule has 132 valence electrons. The minimum absolute atomic E-state index is 0.290. The third-order valence-electron chi connectivity index (χ3n) is 4.12. The molecule has 0 fully saturated rings. The van der Waals surface area contributed by atoms with Gasteiger partial charge in [0.05, 0.1) is 0 Å². The quantitative estimate of drug-likeness (QED) is 0.785. The van der Waals surface area contributed by atoms with Crippen LogP contribution in [-0.2, 0) is 19.9 Å². The molecule has 5 nitrogen and oxygen atoms in total. The number of hydrogen-bond donors (Lipinski definition) is 1. The largest absolute Gasteiger partial charge is 0.453 e. The Morgan fingerprint density at radius 2 is 1.36 bits per heavy atom. The van der Waals surface area contributed by atoms with Crippen molar-refractivity contribution in [3.63, 3.8) is 0 Å². The van der Waals surface area contributed by atoms with E-state index >= 15 is 0 Å². The molecule has 0 saturated heterocycles. The molecule has 0 aromatic heterocycles. The van der Waals surface area contributed by atoms with E-state index in [1.165, 1.54) is 0 Å². The predicted molar refractivity (Wildman–Crippen MR) is 94.8 cm³/mol. The number of carbonyl (C=O) groups is 2. The van der Waals surface area contributed by atoms with Crippen molar-refractivity contribution in [1.29, 1.82) is 0 Å². The molecule has 2 rings (SSSR count). The molecule has 0 unspecified atom stereocenters. The van der Waals surface area contributed by atoms with Crippen LogP contribution in [0.25, 0.3) is 0 Å². The molecule has 25 heavy (non-hydrogen) atoms. The first-order chi connectivity index (χ1) is 12.0. The fraction of sp³-hybridized carbons (Fsp3) is 0.300. The number of aliphatic hydroxyl groups is 1. The molecule has 5 heteroatoms. The molecule has 0 saturated carbocycles. The summed E-state index contributed by atoms with van der Waals surface area (Å²) in [6.07, 6.45) is 0. The van der Waals surface area contributed by atoms with Gasteiger partial charge in [-0.25, -0.2) is 4.79 Å². The summed E-state index contributed by atoms with van der Waals surface area (Å²) in [7, 11) is 0. The summed E-state index contributed by atoms with van der Waals surface area (Å²) in [5.74, 6) is -1.16. The van der Waals surface area contributed by atoms with Crippen molar-refractivity contribution >= 4 is 11.9 Å². The second kappa shape index (κ2) is 8.44. The van der Waals surface area contributed by atoms with Gasteiger partial charge in [-0.15, -0.1) is 0 Å². The van der Waals surface area contributed by atoms with Gasteiger partial charge < -0.3 is 14.7 Å². The zero-order valence-electron chi connectivity index (χ0n) is 14.5. The van der Waals surface area contributed by atoms with E-state index in [-0.39, 0.29) is 5.91 Å². The van der Waals surface area contributed by atoms with Crippen LogP contribution in [-0.4, -0.2) is 41.6 Å². The molecule has 0 atom stereocenters. The van der Waals surface area contributed by atoms with Gasteiger partial charge in [0.2, 0.25) is 5.60 Å². The number of hydrogen-bond acceptors (Lipinski definition) is 4. The molecule has 2 aromatic rings. The SMILES string of the molecule is CCN(CC)C(=O)COC(=O)C(O)(c1ccccc1)c1ccccc1. The van der Waals surface area contributed by atoms with Gasteiger partial charge in [-0.2, -0.15) is 0 Å². The molecule has 1 N–H and O–H groups in total. The Kier molecular flexibility index (Phi) is 6.31. The molecule has 0 radical (unpaired) electrons. The smallest absolute Gasteiger partial charge is 0.348 e. The van der Waals surface area contributed by atoms with E-state index in [0.717, 1.165) is 0 Å². The van der Waals surface area contributed by atoms with E-state index in [1.54, 1.807) is 65.6 Å². The van der Waals surface area contributed by atoms with Crippen molar-refractivity contribution in [2.45, 2.75) is 19.4 Å². The molecular formula is C20H23NO4. The molecule has 0 aliphatic carbocycles.